The summed E-state index contributed by atoms with van der Waals surface area (Å²) in [4.78, 5) is 27.3. The summed E-state index contributed by atoms with van der Waals surface area (Å²) >= 11 is 0. The summed E-state index contributed by atoms with van der Waals surface area (Å²) in [5.74, 6) is -0.437. The normalized spacial score (nSPS) is 14.3. The number of carbonyl (C=O) groups is 2. The second-order valence-electron chi connectivity index (χ2n) is 8.13. The van der Waals surface area contributed by atoms with Gasteiger partial charge in [0.25, 0.3) is 5.91 Å². The molecule has 0 radical (unpaired) electrons. The van der Waals surface area contributed by atoms with Crippen LogP contribution >= 0.6 is 0 Å². The second-order valence-corrected chi connectivity index (χ2v) is 8.13. The molecule has 3 aromatic rings. The Morgan fingerprint density at radius 3 is 2.29 bits per heavy atom. The molecule has 31 heavy (non-hydrogen) atoms. The van der Waals surface area contributed by atoms with Crippen molar-refractivity contribution in [3.05, 3.63) is 83.4 Å². The molecular formula is C26H29N3O2. The van der Waals surface area contributed by atoms with Gasteiger partial charge in [-0.3, -0.25) is 14.5 Å². The van der Waals surface area contributed by atoms with Crippen LogP contribution < -0.4 is 10.6 Å². The quantitative estimate of drug-likeness (QED) is 0.616. The number of nitrogens with one attached hydrogen (secondary N) is 2. The Kier molecular flexibility index (Phi) is 6.95. The van der Waals surface area contributed by atoms with Gasteiger partial charge in [0.05, 0.1) is 6.54 Å². The summed E-state index contributed by atoms with van der Waals surface area (Å²) in [6.07, 6.45) is 3.84. The highest BCUT2D eigenvalue weighted by Crippen LogP contribution is 2.17. The Balaban J connectivity index is 1.28. The van der Waals surface area contributed by atoms with Gasteiger partial charge in [0.15, 0.2) is 0 Å². The zero-order chi connectivity index (χ0) is 21.5. The van der Waals surface area contributed by atoms with E-state index in [1.54, 1.807) is 6.07 Å². The van der Waals surface area contributed by atoms with E-state index in [9.17, 15) is 9.59 Å². The smallest absolute Gasteiger partial charge is 0.251 e. The fourth-order valence-corrected chi connectivity index (χ4v) is 4.09. The number of carbonyl (C=O) groups excluding carboxylic acids is 2. The first-order valence-electron chi connectivity index (χ1n) is 11.0. The molecule has 0 aliphatic carbocycles. The summed E-state index contributed by atoms with van der Waals surface area (Å²) in [6.45, 7) is 3.63. The van der Waals surface area contributed by atoms with Gasteiger partial charge >= 0.3 is 0 Å². The molecule has 0 bridgehead atoms. The monoisotopic (exact) mass is 415 g/mol. The largest absolute Gasteiger partial charge is 0.350 e. The fraction of sp³-hybridized carbons (Fsp3) is 0.308. The van der Waals surface area contributed by atoms with Crippen LogP contribution in [0, 0.1) is 0 Å². The van der Waals surface area contributed by atoms with Crippen LogP contribution in [0.2, 0.25) is 0 Å². The van der Waals surface area contributed by atoms with E-state index in [1.807, 2.05) is 48.5 Å². The highest BCUT2D eigenvalue weighted by Gasteiger charge is 2.13. The van der Waals surface area contributed by atoms with Crippen LogP contribution in [0.3, 0.4) is 0 Å². The van der Waals surface area contributed by atoms with Gasteiger partial charge in [-0.05, 0) is 60.0 Å². The molecule has 0 saturated carbocycles. The third-order valence-electron chi connectivity index (χ3n) is 5.86. The van der Waals surface area contributed by atoms with Crippen LogP contribution in [0.4, 0.5) is 0 Å². The van der Waals surface area contributed by atoms with Crippen molar-refractivity contribution in [2.45, 2.75) is 32.4 Å². The van der Waals surface area contributed by atoms with E-state index in [-0.39, 0.29) is 18.4 Å². The van der Waals surface area contributed by atoms with Crippen LogP contribution in [0.25, 0.3) is 10.8 Å². The lowest BCUT2D eigenvalue weighted by atomic mass is 10.0. The molecule has 160 valence electrons. The SMILES string of the molecule is O=C(CNC(=O)c1ccc2ccccc2c1)NCc1ccccc1CN1CCCCC1. The summed E-state index contributed by atoms with van der Waals surface area (Å²) in [5, 5.41) is 7.75. The summed E-state index contributed by atoms with van der Waals surface area (Å²) < 4.78 is 0. The zero-order valence-corrected chi connectivity index (χ0v) is 17.8. The van der Waals surface area contributed by atoms with E-state index in [0.29, 0.717) is 12.1 Å². The Morgan fingerprint density at radius 1 is 0.774 bits per heavy atom. The zero-order valence-electron chi connectivity index (χ0n) is 17.8. The van der Waals surface area contributed by atoms with E-state index in [4.69, 9.17) is 0 Å². The number of fused-ring (bicyclic) bond motifs is 1. The minimum Gasteiger partial charge on any atom is -0.350 e. The van der Waals surface area contributed by atoms with Crippen LogP contribution in [0.15, 0.2) is 66.7 Å². The standard InChI is InChI=1S/C26H29N3O2/c30-25(18-28-26(31)22-13-12-20-8-2-3-9-21(20)16-22)27-17-23-10-4-5-11-24(23)19-29-14-6-1-7-15-29/h2-5,8-13,16H,1,6-7,14-15,17-19H2,(H,27,30)(H,28,31). The maximum Gasteiger partial charge on any atom is 0.251 e. The maximum atomic E-state index is 12.4. The predicted molar refractivity (Wildman–Crippen MR) is 124 cm³/mol. The molecule has 1 saturated heterocycles. The highest BCUT2D eigenvalue weighted by molar-refractivity contribution is 5.99. The Labute approximate surface area is 183 Å². The van der Waals surface area contributed by atoms with Crippen molar-refractivity contribution >= 4 is 22.6 Å². The molecule has 1 aliphatic rings. The summed E-state index contributed by atoms with van der Waals surface area (Å²) in [6, 6.07) is 21.7. The molecule has 1 heterocycles. The van der Waals surface area contributed by atoms with Gasteiger partial charge in [-0.15, -0.1) is 0 Å². The average Bonchev–Trinajstić information content (AvgIpc) is 2.82. The minimum absolute atomic E-state index is 0.0417. The van der Waals surface area contributed by atoms with Crippen LogP contribution in [0.1, 0.15) is 40.7 Å². The van der Waals surface area contributed by atoms with Crippen molar-refractivity contribution in [3.8, 4) is 0 Å². The van der Waals surface area contributed by atoms with E-state index in [2.05, 4.69) is 27.7 Å². The third-order valence-corrected chi connectivity index (χ3v) is 5.86. The first kappa shape index (κ1) is 21.1. The first-order valence-corrected chi connectivity index (χ1v) is 11.0. The lowest BCUT2D eigenvalue weighted by Gasteiger charge is -2.27. The van der Waals surface area contributed by atoms with E-state index in [1.165, 1.54) is 24.8 Å². The molecule has 0 atom stereocenters. The second kappa shape index (κ2) is 10.2. The van der Waals surface area contributed by atoms with E-state index < -0.39 is 0 Å². The van der Waals surface area contributed by atoms with Crippen LogP contribution in [0.5, 0.6) is 0 Å². The molecule has 4 rings (SSSR count). The van der Waals surface area contributed by atoms with Crippen molar-refractivity contribution in [1.29, 1.82) is 0 Å². The molecule has 1 fully saturated rings. The molecule has 5 heteroatoms. The minimum atomic E-state index is -0.244. The Bertz CT molecular complexity index is 1060. The molecule has 2 amide bonds. The number of rotatable bonds is 7. The van der Waals surface area contributed by atoms with Gasteiger partial charge in [0, 0.05) is 18.7 Å². The van der Waals surface area contributed by atoms with Crippen molar-refractivity contribution < 1.29 is 9.59 Å². The van der Waals surface area contributed by atoms with Crippen molar-refractivity contribution in [1.82, 2.24) is 15.5 Å². The Hall–Kier alpha value is -3.18. The summed E-state index contributed by atoms with van der Waals surface area (Å²) in [5.41, 5.74) is 2.94. The predicted octanol–water partition coefficient (Wildman–Crippen LogP) is 3.87. The molecule has 3 aromatic carbocycles. The van der Waals surface area contributed by atoms with Gasteiger partial charge in [0.1, 0.15) is 0 Å². The van der Waals surface area contributed by atoms with Crippen molar-refractivity contribution in [2.75, 3.05) is 19.6 Å². The molecule has 0 unspecified atom stereocenters. The molecule has 1 aliphatic heterocycles. The summed E-state index contributed by atoms with van der Waals surface area (Å²) in [7, 11) is 0. The van der Waals surface area contributed by atoms with Crippen molar-refractivity contribution in [2.24, 2.45) is 0 Å². The topological polar surface area (TPSA) is 61.4 Å². The van der Waals surface area contributed by atoms with Gasteiger partial charge in [-0.25, -0.2) is 0 Å². The number of benzene rings is 3. The average molecular weight is 416 g/mol. The van der Waals surface area contributed by atoms with Crippen LogP contribution in [-0.4, -0.2) is 36.3 Å². The first-order chi connectivity index (χ1) is 15.2. The number of nitrogens with zero attached hydrogens (tertiary/aromatic N) is 1. The molecule has 0 aromatic heterocycles. The maximum absolute atomic E-state index is 12.4. The van der Waals surface area contributed by atoms with E-state index in [0.717, 1.165) is 36.0 Å². The molecule has 2 N–H and O–H groups in total. The molecular weight excluding hydrogens is 386 g/mol. The number of amides is 2. The number of likely N-dealkylation sites (tertiary alicyclic amines) is 1. The Morgan fingerprint density at radius 2 is 1.48 bits per heavy atom. The van der Waals surface area contributed by atoms with Gasteiger partial charge in [0.2, 0.25) is 5.91 Å². The number of piperidine rings is 1. The van der Waals surface area contributed by atoms with Crippen molar-refractivity contribution in [3.63, 3.8) is 0 Å². The van der Waals surface area contributed by atoms with Gasteiger partial charge in [-0.2, -0.15) is 0 Å². The lowest BCUT2D eigenvalue weighted by Crippen LogP contribution is -2.37. The van der Waals surface area contributed by atoms with Gasteiger partial charge in [-0.1, -0.05) is 61.0 Å². The van der Waals surface area contributed by atoms with E-state index >= 15 is 0 Å². The van der Waals surface area contributed by atoms with Gasteiger partial charge < -0.3 is 10.6 Å². The highest BCUT2D eigenvalue weighted by atomic mass is 16.2. The molecule has 0 spiro atoms. The number of hydrogen-bond acceptors (Lipinski definition) is 3. The third kappa shape index (κ3) is 5.70. The lowest BCUT2D eigenvalue weighted by molar-refractivity contribution is -0.120. The molecule has 5 nitrogen and oxygen atoms in total. The van der Waals surface area contributed by atoms with Crippen LogP contribution in [-0.2, 0) is 17.9 Å². The fourth-order valence-electron chi connectivity index (χ4n) is 4.09. The number of hydrogen-bond donors (Lipinski definition) is 2.